The number of carbonyl (C=O) groups is 4. The molecule has 0 bridgehead atoms. The first-order chi connectivity index (χ1) is 22.2. The maximum Gasteiger partial charge on any atom is 0.306 e. The van der Waals surface area contributed by atoms with Crippen molar-refractivity contribution in [2.45, 2.75) is 76.2 Å². The Morgan fingerprint density at radius 1 is 0.957 bits per heavy atom. The second kappa shape index (κ2) is 17.7. The van der Waals surface area contributed by atoms with E-state index in [-0.39, 0.29) is 49.4 Å². The molecule has 2 aromatic carbocycles. The van der Waals surface area contributed by atoms with E-state index in [2.05, 4.69) is 22.4 Å². The van der Waals surface area contributed by atoms with E-state index >= 15 is 0 Å². The molecule has 1 aliphatic carbocycles. The number of carbonyl (C=O) groups excluding carboxylic acids is 4. The number of benzene rings is 2. The van der Waals surface area contributed by atoms with Crippen molar-refractivity contribution in [3.8, 4) is 0 Å². The van der Waals surface area contributed by atoms with Crippen molar-refractivity contribution in [3.05, 3.63) is 70.3 Å². The summed E-state index contributed by atoms with van der Waals surface area (Å²) >= 11 is 0. The van der Waals surface area contributed by atoms with Crippen LogP contribution in [0.5, 0.6) is 0 Å². The van der Waals surface area contributed by atoms with E-state index in [0.717, 1.165) is 35.6 Å². The molecular formula is C33H40N4O7S2. The summed E-state index contributed by atoms with van der Waals surface area (Å²) in [7, 11) is 6.72. The fourth-order valence-electron chi connectivity index (χ4n) is 5.09. The van der Waals surface area contributed by atoms with Crippen LogP contribution in [0.15, 0.2) is 63.8 Å². The predicted octanol–water partition coefficient (Wildman–Crippen LogP) is 6.15. The van der Waals surface area contributed by atoms with Crippen molar-refractivity contribution < 1.29 is 33.3 Å². The van der Waals surface area contributed by atoms with Gasteiger partial charge in [0.1, 0.15) is 17.1 Å². The lowest BCUT2D eigenvalue weighted by molar-refractivity contribution is -0.151. The molecule has 0 saturated heterocycles. The van der Waals surface area contributed by atoms with E-state index in [1.165, 1.54) is 10.5 Å². The summed E-state index contributed by atoms with van der Waals surface area (Å²) in [5.41, 5.74) is 3.67. The fraction of sp³-hybridized carbons (Fsp3) is 0.455. The molecule has 3 aromatic rings. The third kappa shape index (κ3) is 10.3. The zero-order valence-corrected chi connectivity index (χ0v) is 28.0. The van der Waals surface area contributed by atoms with Gasteiger partial charge in [0.15, 0.2) is 0 Å². The zero-order valence-electron chi connectivity index (χ0n) is 26.4. The predicted molar refractivity (Wildman–Crippen MR) is 177 cm³/mol. The molecule has 13 heteroatoms. The average molecular weight is 669 g/mol. The fourth-order valence-corrected chi connectivity index (χ4v) is 7.67. The van der Waals surface area contributed by atoms with Crippen molar-refractivity contribution in [3.63, 3.8) is 0 Å². The first kappa shape index (κ1) is 35.0. The van der Waals surface area contributed by atoms with Gasteiger partial charge in [-0.05, 0) is 73.1 Å². The van der Waals surface area contributed by atoms with E-state index in [4.69, 9.17) is 14.1 Å². The molecule has 1 aromatic heterocycles. The number of fused-ring (bicyclic) bond motifs is 1. The highest BCUT2D eigenvalue weighted by atomic mass is 33.1. The number of amides is 2. The minimum absolute atomic E-state index is 0.0437. The number of esters is 2. The number of aromatic nitrogens is 2. The summed E-state index contributed by atoms with van der Waals surface area (Å²) in [4.78, 5) is 53.3. The van der Waals surface area contributed by atoms with Crippen molar-refractivity contribution in [2.24, 2.45) is 0 Å². The largest absolute Gasteiger partial charge is 0.465 e. The van der Waals surface area contributed by atoms with Crippen LogP contribution in [0.4, 0.5) is 0 Å². The van der Waals surface area contributed by atoms with Gasteiger partial charge in [0, 0.05) is 61.3 Å². The van der Waals surface area contributed by atoms with Gasteiger partial charge in [-0.15, -0.1) is 0 Å². The molecule has 0 unspecified atom stereocenters. The van der Waals surface area contributed by atoms with Crippen molar-refractivity contribution in [2.75, 3.05) is 20.7 Å². The van der Waals surface area contributed by atoms with Crippen LogP contribution < -0.4 is 0 Å². The highest BCUT2D eigenvalue weighted by molar-refractivity contribution is 8.77. The maximum atomic E-state index is 13.0. The Balaban J connectivity index is 1.11. The third-order valence-corrected chi connectivity index (χ3v) is 10.6. The van der Waals surface area contributed by atoms with Crippen LogP contribution in [-0.4, -0.2) is 77.2 Å². The van der Waals surface area contributed by atoms with Gasteiger partial charge in [0.2, 0.25) is 6.41 Å². The third-order valence-electron chi connectivity index (χ3n) is 7.98. The van der Waals surface area contributed by atoms with Crippen LogP contribution >= 0.6 is 21.6 Å². The van der Waals surface area contributed by atoms with E-state index in [0.29, 0.717) is 42.3 Å². The molecule has 0 radical (unpaired) electrons. The van der Waals surface area contributed by atoms with Crippen LogP contribution in [0.3, 0.4) is 0 Å². The van der Waals surface area contributed by atoms with Crippen LogP contribution in [0.25, 0.3) is 11.0 Å². The lowest BCUT2D eigenvalue weighted by Gasteiger charge is -2.34. The molecular weight excluding hydrogens is 629 g/mol. The van der Waals surface area contributed by atoms with E-state index in [9.17, 15) is 19.2 Å². The first-order valence-electron chi connectivity index (χ1n) is 15.3. The molecule has 0 N–H and O–H groups in total. The highest BCUT2D eigenvalue weighted by Crippen LogP contribution is 2.37. The summed E-state index contributed by atoms with van der Waals surface area (Å²) < 4.78 is 15.8. The summed E-state index contributed by atoms with van der Waals surface area (Å²) in [6, 6.07) is 15.2. The van der Waals surface area contributed by atoms with Crippen molar-refractivity contribution in [1.29, 1.82) is 0 Å². The highest BCUT2D eigenvalue weighted by Gasteiger charge is 2.29. The van der Waals surface area contributed by atoms with Gasteiger partial charge in [-0.25, -0.2) is 4.63 Å². The summed E-state index contributed by atoms with van der Waals surface area (Å²) in [5, 5.41) is 7.58. The summed E-state index contributed by atoms with van der Waals surface area (Å²) in [6.07, 6.45) is 4.41. The number of rotatable bonds is 16. The van der Waals surface area contributed by atoms with Crippen LogP contribution in [-0.2, 0) is 29.6 Å². The summed E-state index contributed by atoms with van der Waals surface area (Å²) in [5.74, 6) is -0.00192. The number of hydrogen-bond donors (Lipinski definition) is 0. The zero-order chi connectivity index (χ0) is 32.9. The minimum atomic E-state index is -0.373. The van der Waals surface area contributed by atoms with Crippen LogP contribution in [0.2, 0.25) is 0 Å². The number of hydrogen-bond acceptors (Lipinski definition) is 11. The molecule has 46 heavy (non-hydrogen) atoms. The van der Waals surface area contributed by atoms with Gasteiger partial charge in [-0.1, -0.05) is 51.9 Å². The molecule has 1 saturated carbocycles. The quantitative estimate of drug-likeness (QED) is 0.0988. The Bertz CT molecular complexity index is 1510. The van der Waals surface area contributed by atoms with Gasteiger partial charge in [0.05, 0.1) is 6.61 Å². The van der Waals surface area contributed by atoms with E-state index < -0.39 is 0 Å². The number of nitrogens with zero attached hydrogens (tertiary/aromatic N) is 4. The lowest BCUT2D eigenvalue weighted by atomic mass is 9.91. The van der Waals surface area contributed by atoms with Crippen molar-refractivity contribution in [1.82, 2.24) is 20.1 Å². The molecule has 2 amide bonds. The molecule has 0 spiro atoms. The summed E-state index contributed by atoms with van der Waals surface area (Å²) in [6.45, 7) is 2.06. The molecule has 1 heterocycles. The molecule has 11 nitrogen and oxygen atoms in total. The molecule has 1 aliphatic rings. The lowest BCUT2D eigenvalue weighted by Crippen LogP contribution is -2.41. The second-order valence-corrected chi connectivity index (χ2v) is 13.6. The number of ether oxygens (including phenoxy) is 2. The monoisotopic (exact) mass is 668 g/mol. The Morgan fingerprint density at radius 3 is 2.41 bits per heavy atom. The molecule has 0 aliphatic heterocycles. The van der Waals surface area contributed by atoms with Gasteiger partial charge in [-0.3, -0.25) is 19.2 Å². The Hall–Kier alpha value is -3.84. The Morgan fingerprint density at radius 2 is 1.67 bits per heavy atom. The molecule has 0 atom stereocenters. The van der Waals surface area contributed by atoms with Crippen molar-refractivity contribution >= 4 is 56.9 Å². The van der Waals surface area contributed by atoms with Crippen LogP contribution in [0, 0.1) is 0 Å². The van der Waals surface area contributed by atoms with Gasteiger partial charge >= 0.3 is 11.9 Å². The first-order valence-corrected chi connectivity index (χ1v) is 17.6. The molecule has 1 fully saturated rings. The smallest absolute Gasteiger partial charge is 0.306 e. The Kier molecular flexibility index (Phi) is 13.5. The maximum absolute atomic E-state index is 13.0. The molecule has 4 rings (SSSR count). The number of allylic oxidation sites excluding steroid dienone is 1. The second-order valence-electron chi connectivity index (χ2n) is 11.2. The minimum Gasteiger partial charge on any atom is -0.465 e. The van der Waals surface area contributed by atoms with Gasteiger partial charge in [0.25, 0.3) is 5.91 Å². The topological polar surface area (TPSA) is 132 Å². The van der Waals surface area contributed by atoms with Gasteiger partial charge in [-0.2, -0.15) is 0 Å². The SMILES string of the molecule is C/C(=C(\CCOC(=O)CCCC(=O)OC1CCC(N(C)C(=O)c2ccc3nonc3c2)CC1)SSCc1ccccc1)N(C)C=O. The normalized spacial score (nSPS) is 16.8. The van der Waals surface area contributed by atoms with E-state index in [1.807, 2.05) is 25.1 Å². The van der Waals surface area contributed by atoms with E-state index in [1.54, 1.807) is 58.8 Å². The average Bonchev–Trinajstić information content (AvgIpc) is 3.55. The van der Waals surface area contributed by atoms with Crippen LogP contribution in [0.1, 0.15) is 74.2 Å². The molecule has 246 valence electrons. The standard InChI is InChI=1S/C33H40N4O7S2/c1-23(36(2)22-38)30(46-45-21-24-8-5-4-6-9-24)18-19-42-31(39)10-7-11-32(40)43-27-15-13-26(14-16-27)37(3)33(41)25-12-17-28-29(20-25)35-44-34-28/h4-6,8-9,12,17,20,22,26-27H,7,10-11,13-16,18-19,21H2,1-3H3/b30-23-. The Labute approximate surface area is 276 Å². The van der Waals surface area contributed by atoms with Gasteiger partial charge < -0.3 is 19.3 Å².